The predicted octanol–water partition coefficient (Wildman–Crippen LogP) is 2.66. The predicted molar refractivity (Wildman–Crippen MR) is 65.1 cm³/mol. The molecule has 0 radical (unpaired) electrons. The van der Waals surface area contributed by atoms with Crippen LogP contribution in [-0.2, 0) is 11.2 Å². The van der Waals surface area contributed by atoms with Gasteiger partial charge in [0.2, 0.25) is 0 Å². The van der Waals surface area contributed by atoms with Crippen molar-refractivity contribution in [3.63, 3.8) is 0 Å². The summed E-state index contributed by atoms with van der Waals surface area (Å²) in [5, 5.41) is 8.86. The molecule has 0 aliphatic heterocycles. The van der Waals surface area contributed by atoms with E-state index in [-0.39, 0.29) is 0 Å². The molecule has 1 aliphatic carbocycles. The first-order valence-corrected chi connectivity index (χ1v) is 5.76. The first-order valence-electron chi connectivity index (χ1n) is 5.76. The highest BCUT2D eigenvalue weighted by molar-refractivity contribution is 5.81. The van der Waals surface area contributed by atoms with Crippen LogP contribution >= 0.6 is 0 Å². The summed E-state index contributed by atoms with van der Waals surface area (Å²) < 4.78 is 5.28. The summed E-state index contributed by atoms with van der Waals surface area (Å²) in [5.41, 5.74) is 2.05. The first kappa shape index (κ1) is 11.7. The van der Waals surface area contributed by atoms with E-state index in [0.717, 1.165) is 29.7 Å². The molecular formula is C14H16O3. The van der Waals surface area contributed by atoms with Gasteiger partial charge in [-0.15, -0.1) is 0 Å². The molecule has 1 N–H and O–H groups in total. The zero-order valence-electron chi connectivity index (χ0n) is 9.85. The topological polar surface area (TPSA) is 46.5 Å². The third-order valence-electron chi connectivity index (χ3n) is 3.00. The number of methoxy groups -OCH3 is 1. The molecule has 1 saturated carbocycles. The number of carboxylic acids is 1. The first-order chi connectivity index (χ1) is 8.20. The third-order valence-corrected chi connectivity index (χ3v) is 3.00. The van der Waals surface area contributed by atoms with Crippen molar-refractivity contribution in [2.75, 3.05) is 7.11 Å². The molecule has 0 heterocycles. The summed E-state index contributed by atoms with van der Waals surface area (Å²) in [7, 11) is 1.64. The molecular weight excluding hydrogens is 216 g/mol. The fraction of sp³-hybridized carbons (Fsp3) is 0.357. The number of carbonyl (C=O) groups is 1. The van der Waals surface area contributed by atoms with E-state index in [9.17, 15) is 4.79 Å². The van der Waals surface area contributed by atoms with Crippen molar-refractivity contribution in [3.05, 3.63) is 41.5 Å². The average molecular weight is 232 g/mol. The van der Waals surface area contributed by atoms with Crippen LogP contribution in [-0.4, -0.2) is 18.2 Å². The zero-order valence-corrected chi connectivity index (χ0v) is 9.85. The summed E-state index contributed by atoms with van der Waals surface area (Å²) in [6.45, 7) is 0. The quantitative estimate of drug-likeness (QED) is 0.794. The molecule has 3 heteroatoms. The van der Waals surface area contributed by atoms with Crippen molar-refractivity contribution in [2.45, 2.75) is 19.3 Å². The van der Waals surface area contributed by atoms with Gasteiger partial charge in [-0.25, -0.2) is 4.79 Å². The lowest BCUT2D eigenvalue weighted by Crippen LogP contribution is -2.00. The van der Waals surface area contributed by atoms with Crippen molar-refractivity contribution in [1.29, 1.82) is 0 Å². The Morgan fingerprint density at radius 3 is 2.76 bits per heavy atom. The fourth-order valence-corrected chi connectivity index (χ4v) is 1.99. The normalized spacial score (nSPS) is 15.7. The number of carboxylic acid groups (broad SMARTS) is 1. The molecule has 1 aromatic carbocycles. The second-order valence-corrected chi connectivity index (χ2v) is 4.32. The number of allylic oxidation sites excluding steroid dienone is 1. The molecule has 2 rings (SSSR count). The Kier molecular flexibility index (Phi) is 3.47. The molecule has 0 bridgehead atoms. The minimum absolute atomic E-state index is 0.455. The largest absolute Gasteiger partial charge is 0.496 e. The Hall–Kier alpha value is -1.77. The van der Waals surface area contributed by atoms with Crippen molar-refractivity contribution >= 4 is 5.97 Å². The van der Waals surface area contributed by atoms with E-state index in [1.54, 1.807) is 7.11 Å². The Morgan fingerprint density at radius 1 is 1.47 bits per heavy atom. The van der Waals surface area contributed by atoms with Gasteiger partial charge >= 0.3 is 5.97 Å². The minimum atomic E-state index is -0.859. The van der Waals surface area contributed by atoms with Crippen molar-refractivity contribution in [2.24, 2.45) is 5.92 Å². The maximum Gasteiger partial charge on any atom is 0.328 e. The van der Waals surface area contributed by atoms with Gasteiger partial charge in [0.05, 0.1) is 7.11 Å². The molecule has 0 saturated heterocycles. The molecule has 1 fully saturated rings. The van der Waals surface area contributed by atoms with Crippen LogP contribution in [0.2, 0.25) is 0 Å². The second kappa shape index (κ2) is 5.04. The molecule has 0 atom stereocenters. The van der Waals surface area contributed by atoms with Crippen LogP contribution in [0.5, 0.6) is 5.75 Å². The van der Waals surface area contributed by atoms with Crippen molar-refractivity contribution in [1.82, 2.24) is 0 Å². The van der Waals surface area contributed by atoms with Gasteiger partial charge in [0, 0.05) is 6.08 Å². The number of rotatable bonds is 5. The highest BCUT2D eigenvalue weighted by Gasteiger charge is 2.27. The summed E-state index contributed by atoms with van der Waals surface area (Å²) in [6, 6.07) is 7.75. The van der Waals surface area contributed by atoms with Crippen LogP contribution in [0.15, 0.2) is 35.9 Å². The molecule has 1 aromatic rings. The lowest BCUT2D eigenvalue weighted by Gasteiger charge is -2.10. The molecule has 3 nitrogen and oxygen atoms in total. The Labute approximate surface area is 101 Å². The fourth-order valence-electron chi connectivity index (χ4n) is 1.99. The maximum absolute atomic E-state index is 10.8. The molecule has 17 heavy (non-hydrogen) atoms. The van der Waals surface area contributed by atoms with Crippen molar-refractivity contribution < 1.29 is 14.6 Å². The van der Waals surface area contributed by atoms with Crippen LogP contribution in [0.1, 0.15) is 18.4 Å². The van der Waals surface area contributed by atoms with Gasteiger partial charge in [-0.1, -0.05) is 23.8 Å². The molecule has 0 unspecified atom stereocenters. The highest BCUT2D eigenvalue weighted by atomic mass is 16.5. The van der Waals surface area contributed by atoms with Gasteiger partial charge in [0.1, 0.15) is 5.75 Å². The van der Waals surface area contributed by atoms with Gasteiger partial charge in [-0.05, 0) is 36.8 Å². The number of aliphatic carboxylic acids is 1. The SMILES string of the molecule is COc1ccccc1C/C(=C/C(=O)O)C1CC1. The van der Waals surface area contributed by atoms with Gasteiger partial charge in [0.25, 0.3) is 0 Å². The molecule has 0 aromatic heterocycles. The van der Waals surface area contributed by atoms with E-state index in [1.165, 1.54) is 6.08 Å². The average Bonchev–Trinajstić information content (AvgIpc) is 3.12. The maximum atomic E-state index is 10.8. The van der Waals surface area contributed by atoms with E-state index in [1.807, 2.05) is 24.3 Å². The molecule has 0 amide bonds. The Balaban J connectivity index is 2.20. The summed E-state index contributed by atoms with van der Waals surface area (Å²) in [4.78, 5) is 10.8. The molecule has 90 valence electrons. The van der Waals surface area contributed by atoms with E-state index in [2.05, 4.69) is 0 Å². The second-order valence-electron chi connectivity index (χ2n) is 4.32. The van der Waals surface area contributed by atoms with Crippen LogP contribution in [0.25, 0.3) is 0 Å². The monoisotopic (exact) mass is 232 g/mol. The summed E-state index contributed by atoms with van der Waals surface area (Å²) in [6.07, 6.45) is 4.23. The van der Waals surface area contributed by atoms with E-state index in [0.29, 0.717) is 12.3 Å². The van der Waals surface area contributed by atoms with E-state index >= 15 is 0 Å². The number of ether oxygens (including phenoxy) is 1. The summed E-state index contributed by atoms with van der Waals surface area (Å²) >= 11 is 0. The standard InChI is InChI=1S/C14H16O3/c1-17-13-5-3-2-4-11(13)8-12(9-14(15)16)10-6-7-10/h2-5,9-10H,6-8H2,1H3,(H,15,16)/b12-9-. The lowest BCUT2D eigenvalue weighted by atomic mass is 10.00. The smallest absolute Gasteiger partial charge is 0.328 e. The van der Waals surface area contributed by atoms with Gasteiger partial charge in [0.15, 0.2) is 0 Å². The van der Waals surface area contributed by atoms with Gasteiger partial charge in [-0.2, -0.15) is 0 Å². The van der Waals surface area contributed by atoms with Crippen LogP contribution in [0.4, 0.5) is 0 Å². The van der Waals surface area contributed by atoms with E-state index < -0.39 is 5.97 Å². The Morgan fingerprint density at radius 2 is 2.18 bits per heavy atom. The van der Waals surface area contributed by atoms with E-state index in [4.69, 9.17) is 9.84 Å². The number of benzene rings is 1. The minimum Gasteiger partial charge on any atom is -0.496 e. The number of para-hydroxylation sites is 1. The number of hydrogen-bond donors (Lipinski definition) is 1. The van der Waals surface area contributed by atoms with Crippen LogP contribution < -0.4 is 4.74 Å². The zero-order chi connectivity index (χ0) is 12.3. The van der Waals surface area contributed by atoms with Gasteiger partial charge in [-0.3, -0.25) is 0 Å². The molecule has 0 spiro atoms. The summed E-state index contributed by atoms with van der Waals surface area (Å²) in [5.74, 6) is 0.419. The molecule has 1 aliphatic rings. The number of hydrogen-bond acceptors (Lipinski definition) is 2. The van der Waals surface area contributed by atoms with Crippen LogP contribution in [0, 0.1) is 5.92 Å². The van der Waals surface area contributed by atoms with Crippen LogP contribution in [0.3, 0.4) is 0 Å². The van der Waals surface area contributed by atoms with Crippen molar-refractivity contribution in [3.8, 4) is 5.75 Å². The Bertz CT molecular complexity index is 445. The lowest BCUT2D eigenvalue weighted by molar-refractivity contribution is -0.131. The highest BCUT2D eigenvalue weighted by Crippen LogP contribution is 2.39. The third kappa shape index (κ3) is 3.09. The van der Waals surface area contributed by atoms with Gasteiger partial charge < -0.3 is 9.84 Å².